The molecule has 8 heteroatoms. The predicted octanol–water partition coefficient (Wildman–Crippen LogP) is 5.82. The Morgan fingerprint density at radius 1 is 1.10 bits per heavy atom. The molecule has 1 N–H and O–H groups in total. The number of anilines is 1. The molecule has 5 nitrogen and oxygen atoms in total. The van der Waals surface area contributed by atoms with Crippen LogP contribution in [0.15, 0.2) is 47.6 Å². The SMILES string of the molecule is Cn1c(SCC(=O)Nc2cccc(Cl)c2Cl)nnc1-c1ccc(C(C)(C)C)cc1. The van der Waals surface area contributed by atoms with Crippen molar-refractivity contribution in [1.29, 1.82) is 0 Å². The van der Waals surface area contributed by atoms with E-state index in [1.807, 2.05) is 23.7 Å². The van der Waals surface area contributed by atoms with Crippen LogP contribution in [0.3, 0.4) is 0 Å². The van der Waals surface area contributed by atoms with Gasteiger partial charge in [-0.2, -0.15) is 0 Å². The molecule has 3 aromatic rings. The molecular weight excluding hydrogens is 427 g/mol. The van der Waals surface area contributed by atoms with Crippen molar-refractivity contribution in [1.82, 2.24) is 14.8 Å². The zero-order valence-electron chi connectivity index (χ0n) is 16.7. The maximum atomic E-state index is 12.3. The van der Waals surface area contributed by atoms with Crippen molar-refractivity contribution in [2.75, 3.05) is 11.1 Å². The number of nitrogens with one attached hydrogen (secondary N) is 1. The van der Waals surface area contributed by atoms with E-state index in [1.54, 1.807) is 18.2 Å². The van der Waals surface area contributed by atoms with Crippen molar-refractivity contribution >= 4 is 46.6 Å². The van der Waals surface area contributed by atoms with Gasteiger partial charge in [0.1, 0.15) is 0 Å². The molecule has 0 spiro atoms. The van der Waals surface area contributed by atoms with Crippen molar-refractivity contribution in [3.63, 3.8) is 0 Å². The molecule has 29 heavy (non-hydrogen) atoms. The molecule has 1 heterocycles. The monoisotopic (exact) mass is 448 g/mol. The molecule has 0 aliphatic carbocycles. The topological polar surface area (TPSA) is 59.8 Å². The third kappa shape index (κ3) is 5.13. The number of hydrogen-bond donors (Lipinski definition) is 1. The summed E-state index contributed by atoms with van der Waals surface area (Å²) in [5.74, 6) is 0.738. The Labute approximate surface area is 184 Å². The Hall–Kier alpha value is -2.02. The summed E-state index contributed by atoms with van der Waals surface area (Å²) in [6.07, 6.45) is 0. The highest BCUT2D eigenvalue weighted by atomic mass is 35.5. The van der Waals surface area contributed by atoms with Crippen molar-refractivity contribution in [2.45, 2.75) is 31.3 Å². The lowest BCUT2D eigenvalue weighted by atomic mass is 9.87. The molecule has 152 valence electrons. The Morgan fingerprint density at radius 2 is 1.79 bits per heavy atom. The number of aromatic nitrogens is 3. The van der Waals surface area contributed by atoms with Crippen LogP contribution in [0.4, 0.5) is 5.69 Å². The number of hydrogen-bond acceptors (Lipinski definition) is 4. The number of halogens is 2. The van der Waals surface area contributed by atoms with E-state index in [2.05, 4.69) is 48.4 Å². The summed E-state index contributed by atoms with van der Waals surface area (Å²) in [6, 6.07) is 13.4. The summed E-state index contributed by atoms with van der Waals surface area (Å²) < 4.78 is 1.89. The average Bonchev–Trinajstić information content (AvgIpc) is 3.04. The number of thioether (sulfide) groups is 1. The summed E-state index contributed by atoms with van der Waals surface area (Å²) >= 11 is 13.4. The van der Waals surface area contributed by atoms with Crippen LogP contribution in [0.2, 0.25) is 10.0 Å². The minimum Gasteiger partial charge on any atom is -0.324 e. The van der Waals surface area contributed by atoms with Crippen LogP contribution in [0.1, 0.15) is 26.3 Å². The number of rotatable bonds is 5. The second-order valence-electron chi connectivity index (χ2n) is 7.63. The Kier molecular flexibility index (Phi) is 6.56. The standard InChI is InChI=1S/C21H22Cl2N4OS/c1-21(2,3)14-10-8-13(9-11-14)19-25-26-20(27(19)4)29-12-17(28)24-16-7-5-6-15(22)18(16)23/h5-11H,12H2,1-4H3,(H,24,28). The Bertz CT molecular complexity index is 1030. The molecule has 0 radical (unpaired) electrons. The average molecular weight is 449 g/mol. The largest absolute Gasteiger partial charge is 0.324 e. The molecule has 1 aromatic heterocycles. The van der Waals surface area contributed by atoms with Gasteiger partial charge >= 0.3 is 0 Å². The fourth-order valence-electron chi connectivity index (χ4n) is 2.73. The van der Waals surface area contributed by atoms with Crippen LogP contribution < -0.4 is 5.32 Å². The first-order chi connectivity index (χ1) is 13.7. The third-order valence-corrected chi connectivity index (χ3v) is 6.24. The van der Waals surface area contributed by atoms with Gasteiger partial charge in [-0.25, -0.2) is 0 Å². The van der Waals surface area contributed by atoms with Crippen LogP contribution in [-0.4, -0.2) is 26.4 Å². The minimum atomic E-state index is -0.196. The number of carbonyl (C=O) groups is 1. The second kappa shape index (κ2) is 8.78. The van der Waals surface area contributed by atoms with E-state index in [0.29, 0.717) is 20.9 Å². The fraction of sp³-hybridized carbons (Fsp3) is 0.286. The number of amides is 1. The van der Waals surface area contributed by atoms with Crippen molar-refractivity contribution in [3.05, 3.63) is 58.1 Å². The summed E-state index contributed by atoms with van der Waals surface area (Å²) in [5.41, 5.74) is 2.82. The zero-order valence-corrected chi connectivity index (χ0v) is 19.0. The highest BCUT2D eigenvalue weighted by molar-refractivity contribution is 7.99. The minimum absolute atomic E-state index is 0.0959. The van der Waals surface area contributed by atoms with E-state index >= 15 is 0 Å². The molecule has 0 aliphatic heterocycles. The van der Waals surface area contributed by atoms with Crippen LogP contribution in [-0.2, 0) is 17.3 Å². The van der Waals surface area contributed by atoms with E-state index < -0.39 is 0 Å². The van der Waals surface area contributed by atoms with Gasteiger partial charge in [-0.3, -0.25) is 4.79 Å². The van der Waals surface area contributed by atoms with Gasteiger partial charge in [0.25, 0.3) is 0 Å². The molecule has 1 amide bonds. The normalized spacial score (nSPS) is 11.5. The first-order valence-electron chi connectivity index (χ1n) is 9.04. The van der Waals surface area contributed by atoms with Gasteiger partial charge in [0.2, 0.25) is 5.91 Å². The molecule has 0 unspecified atom stereocenters. The summed E-state index contributed by atoms with van der Waals surface area (Å²) in [6.45, 7) is 6.54. The molecular formula is C21H22Cl2N4OS. The van der Waals surface area contributed by atoms with Crippen LogP contribution in [0.5, 0.6) is 0 Å². The van der Waals surface area contributed by atoms with Gasteiger partial charge in [0.15, 0.2) is 11.0 Å². The van der Waals surface area contributed by atoms with Crippen LogP contribution in [0.25, 0.3) is 11.4 Å². The zero-order chi connectivity index (χ0) is 21.2. The van der Waals surface area contributed by atoms with Crippen molar-refractivity contribution in [2.24, 2.45) is 7.05 Å². The molecule has 0 bridgehead atoms. The van der Waals surface area contributed by atoms with Crippen LogP contribution in [0, 0.1) is 0 Å². The molecule has 2 aromatic carbocycles. The first-order valence-corrected chi connectivity index (χ1v) is 10.8. The lowest BCUT2D eigenvalue weighted by Gasteiger charge is -2.19. The predicted molar refractivity (Wildman–Crippen MR) is 121 cm³/mol. The highest BCUT2D eigenvalue weighted by Gasteiger charge is 2.16. The number of carbonyl (C=O) groups excluding carboxylic acids is 1. The number of nitrogens with zero attached hydrogens (tertiary/aromatic N) is 3. The quantitative estimate of drug-likeness (QED) is 0.499. The lowest BCUT2D eigenvalue weighted by Crippen LogP contribution is -2.14. The number of benzene rings is 2. The van der Waals surface area contributed by atoms with E-state index in [4.69, 9.17) is 23.2 Å². The van der Waals surface area contributed by atoms with Crippen molar-refractivity contribution in [3.8, 4) is 11.4 Å². The highest BCUT2D eigenvalue weighted by Crippen LogP contribution is 2.30. The molecule has 0 fully saturated rings. The fourth-order valence-corrected chi connectivity index (χ4v) is 3.79. The van der Waals surface area contributed by atoms with Gasteiger partial charge in [0.05, 0.1) is 21.5 Å². The third-order valence-electron chi connectivity index (χ3n) is 4.40. The lowest BCUT2D eigenvalue weighted by molar-refractivity contribution is -0.113. The molecule has 0 saturated heterocycles. The first kappa shape index (κ1) is 21.7. The van der Waals surface area contributed by atoms with Gasteiger partial charge in [-0.15, -0.1) is 10.2 Å². The summed E-state index contributed by atoms with van der Waals surface area (Å²) in [4.78, 5) is 12.3. The van der Waals surface area contributed by atoms with Crippen molar-refractivity contribution < 1.29 is 4.79 Å². The van der Waals surface area contributed by atoms with Gasteiger partial charge in [0, 0.05) is 12.6 Å². The van der Waals surface area contributed by atoms with E-state index in [0.717, 1.165) is 11.4 Å². The van der Waals surface area contributed by atoms with Gasteiger partial charge < -0.3 is 9.88 Å². The Balaban J connectivity index is 1.67. The van der Waals surface area contributed by atoms with Gasteiger partial charge in [-0.1, -0.05) is 86.1 Å². The van der Waals surface area contributed by atoms with E-state index in [9.17, 15) is 4.79 Å². The second-order valence-corrected chi connectivity index (χ2v) is 9.36. The molecule has 0 saturated carbocycles. The molecule has 0 atom stereocenters. The molecule has 3 rings (SSSR count). The maximum absolute atomic E-state index is 12.3. The van der Waals surface area contributed by atoms with E-state index in [-0.39, 0.29) is 17.1 Å². The Morgan fingerprint density at radius 3 is 2.45 bits per heavy atom. The van der Waals surface area contributed by atoms with E-state index in [1.165, 1.54) is 17.3 Å². The maximum Gasteiger partial charge on any atom is 0.234 e. The van der Waals surface area contributed by atoms with Crippen LogP contribution >= 0.6 is 35.0 Å². The van der Waals surface area contributed by atoms with Gasteiger partial charge in [-0.05, 0) is 23.1 Å². The smallest absolute Gasteiger partial charge is 0.234 e. The summed E-state index contributed by atoms with van der Waals surface area (Å²) in [5, 5.41) is 12.7. The molecule has 0 aliphatic rings. The summed E-state index contributed by atoms with van der Waals surface area (Å²) in [7, 11) is 1.89.